The summed E-state index contributed by atoms with van der Waals surface area (Å²) in [5.74, 6) is 0. The van der Waals surface area contributed by atoms with E-state index in [1.165, 1.54) is 0 Å². The summed E-state index contributed by atoms with van der Waals surface area (Å²) in [7, 11) is 0. The van der Waals surface area contributed by atoms with Crippen LogP contribution in [0.3, 0.4) is 0 Å². The summed E-state index contributed by atoms with van der Waals surface area (Å²) in [6.07, 6.45) is 0.811. The van der Waals surface area contributed by atoms with Gasteiger partial charge in [-0.3, -0.25) is 4.79 Å². The summed E-state index contributed by atoms with van der Waals surface area (Å²) in [6.45, 7) is 2.02. The van der Waals surface area contributed by atoms with Crippen molar-refractivity contribution in [1.82, 2.24) is 0 Å². The van der Waals surface area contributed by atoms with Crippen LogP contribution in [0.1, 0.15) is 21.5 Å². The number of carbonyl (C=O) groups excluding carboxylic acids is 1. The van der Waals surface area contributed by atoms with Gasteiger partial charge in [-0.15, -0.1) is 0 Å². The number of benzene rings is 3. The zero-order chi connectivity index (χ0) is 14.8. The number of hydrogen-bond donors (Lipinski definition) is 0. The van der Waals surface area contributed by atoms with Gasteiger partial charge in [-0.1, -0.05) is 42.5 Å². The molecule has 3 aromatic carbocycles. The van der Waals surface area contributed by atoms with Crippen LogP contribution in [0.15, 0.2) is 54.6 Å². The monoisotopic (exact) mass is 271 g/mol. The predicted octanol–water partition coefficient (Wildman–Crippen LogP) is 4.50. The van der Waals surface area contributed by atoms with E-state index in [1.807, 2.05) is 37.3 Å². The van der Waals surface area contributed by atoms with E-state index in [4.69, 9.17) is 0 Å². The maximum absolute atomic E-state index is 11.1. The van der Waals surface area contributed by atoms with Gasteiger partial charge in [-0.2, -0.15) is 5.26 Å². The van der Waals surface area contributed by atoms with Crippen LogP contribution in [0.4, 0.5) is 0 Å². The van der Waals surface area contributed by atoms with Crippen molar-refractivity contribution in [3.63, 3.8) is 0 Å². The second-order valence-corrected chi connectivity index (χ2v) is 5.01. The van der Waals surface area contributed by atoms with Crippen molar-refractivity contribution in [1.29, 1.82) is 5.26 Å². The molecule has 2 nitrogen and oxygen atoms in total. The van der Waals surface area contributed by atoms with Crippen LogP contribution in [-0.4, -0.2) is 6.29 Å². The molecule has 0 aliphatic rings. The van der Waals surface area contributed by atoms with E-state index in [0.29, 0.717) is 11.1 Å². The van der Waals surface area contributed by atoms with Crippen LogP contribution in [-0.2, 0) is 0 Å². The van der Waals surface area contributed by atoms with Crippen molar-refractivity contribution in [2.24, 2.45) is 0 Å². The first kappa shape index (κ1) is 13.1. The summed E-state index contributed by atoms with van der Waals surface area (Å²) in [6, 6.07) is 19.6. The molecule has 0 atom stereocenters. The van der Waals surface area contributed by atoms with Crippen LogP contribution in [0.2, 0.25) is 0 Å². The third kappa shape index (κ3) is 2.19. The van der Waals surface area contributed by atoms with Gasteiger partial charge in [0.15, 0.2) is 0 Å². The average Bonchev–Trinajstić information content (AvgIpc) is 2.54. The molecule has 0 spiro atoms. The highest BCUT2D eigenvalue weighted by atomic mass is 16.1. The van der Waals surface area contributed by atoms with E-state index in [-0.39, 0.29) is 0 Å². The van der Waals surface area contributed by atoms with E-state index in [9.17, 15) is 10.1 Å². The zero-order valence-electron chi connectivity index (χ0n) is 11.6. The molecule has 0 radical (unpaired) electrons. The van der Waals surface area contributed by atoms with Gasteiger partial charge in [0.05, 0.1) is 11.6 Å². The quantitative estimate of drug-likeness (QED) is 0.644. The first-order chi connectivity index (χ1) is 10.2. The smallest absolute Gasteiger partial charge is 0.150 e. The lowest BCUT2D eigenvalue weighted by Crippen LogP contribution is -1.92. The second kappa shape index (κ2) is 5.22. The number of hydrogen-bond acceptors (Lipinski definition) is 2. The van der Waals surface area contributed by atoms with Gasteiger partial charge in [0, 0.05) is 11.1 Å². The minimum atomic E-state index is 0.580. The van der Waals surface area contributed by atoms with Gasteiger partial charge in [0.2, 0.25) is 0 Å². The molecular formula is C19H13NO. The number of rotatable bonds is 2. The lowest BCUT2D eigenvalue weighted by atomic mass is 9.90. The van der Waals surface area contributed by atoms with Crippen molar-refractivity contribution in [2.75, 3.05) is 0 Å². The van der Waals surface area contributed by atoms with Crippen LogP contribution in [0.25, 0.3) is 21.9 Å². The Hall–Kier alpha value is -2.92. The summed E-state index contributed by atoms with van der Waals surface area (Å²) in [5.41, 5.74) is 4.09. The topological polar surface area (TPSA) is 40.9 Å². The highest BCUT2D eigenvalue weighted by molar-refractivity contribution is 6.00. The maximum atomic E-state index is 11.1. The largest absolute Gasteiger partial charge is 0.298 e. The molecule has 3 rings (SSSR count). The SMILES string of the molecule is Cc1ccc2ccccc2c1-c1cc(C=O)ccc1C#N. The van der Waals surface area contributed by atoms with E-state index in [1.54, 1.807) is 18.2 Å². The summed E-state index contributed by atoms with van der Waals surface area (Å²) in [4.78, 5) is 11.1. The van der Waals surface area contributed by atoms with Gasteiger partial charge in [0.1, 0.15) is 6.29 Å². The van der Waals surface area contributed by atoms with Crippen LogP contribution in [0.5, 0.6) is 0 Å². The lowest BCUT2D eigenvalue weighted by Gasteiger charge is -2.12. The average molecular weight is 271 g/mol. The third-order valence-electron chi connectivity index (χ3n) is 3.71. The molecule has 0 heterocycles. The molecule has 0 N–H and O–H groups in total. The van der Waals surface area contributed by atoms with Crippen molar-refractivity contribution in [2.45, 2.75) is 6.92 Å². The van der Waals surface area contributed by atoms with Crippen molar-refractivity contribution >= 4 is 17.1 Å². The van der Waals surface area contributed by atoms with Crippen LogP contribution < -0.4 is 0 Å². The lowest BCUT2D eigenvalue weighted by molar-refractivity contribution is 0.112. The summed E-state index contributed by atoms with van der Waals surface area (Å²) in [5, 5.41) is 11.6. The number of nitriles is 1. The molecule has 0 amide bonds. The minimum absolute atomic E-state index is 0.580. The fourth-order valence-electron chi connectivity index (χ4n) is 2.68. The van der Waals surface area contributed by atoms with Gasteiger partial charge < -0.3 is 0 Å². The normalized spacial score (nSPS) is 10.3. The van der Waals surface area contributed by atoms with Gasteiger partial charge in [0.25, 0.3) is 0 Å². The Balaban J connectivity index is 2.43. The van der Waals surface area contributed by atoms with Crippen LogP contribution >= 0.6 is 0 Å². The summed E-state index contributed by atoms with van der Waals surface area (Å²) < 4.78 is 0. The first-order valence-electron chi connectivity index (χ1n) is 6.72. The number of nitrogens with zero attached hydrogens (tertiary/aromatic N) is 1. The Morgan fingerprint density at radius 1 is 1.05 bits per heavy atom. The molecule has 3 aromatic rings. The Morgan fingerprint density at radius 3 is 2.62 bits per heavy atom. The maximum Gasteiger partial charge on any atom is 0.150 e. The molecule has 0 bridgehead atoms. The van der Waals surface area contributed by atoms with Crippen molar-refractivity contribution < 1.29 is 4.79 Å². The molecule has 0 saturated heterocycles. The third-order valence-corrected chi connectivity index (χ3v) is 3.71. The highest BCUT2D eigenvalue weighted by Crippen LogP contribution is 2.34. The van der Waals surface area contributed by atoms with E-state index in [0.717, 1.165) is 33.7 Å². The second-order valence-electron chi connectivity index (χ2n) is 5.01. The zero-order valence-corrected chi connectivity index (χ0v) is 11.6. The number of aldehydes is 1. The van der Waals surface area contributed by atoms with Gasteiger partial charge >= 0.3 is 0 Å². The van der Waals surface area contributed by atoms with E-state index in [2.05, 4.69) is 12.1 Å². The molecule has 100 valence electrons. The number of carbonyl (C=O) groups is 1. The highest BCUT2D eigenvalue weighted by Gasteiger charge is 2.12. The minimum Gasteiger partial charge on any atom is -0.298 e. The molecule has 0 saturated carbocycles. The Bertz CT molecular complexity index is 888. The molecule has 2 heteroatoms. The standard InChI is InChI=1S/C19H13NO/c1-13-6-8-15-4-2-3-5-17(15)19(13)18-10-14(12-21)7-9-16(18)11-20/h2-10,12H,1H3. The van der Waals surface area contributed by atoms with Gasteiger partial charge in [-0.05, 0) is 41.0 Å². The van der Waals surface area contributed by atoms with Gasteiger partial charge in [-0.25, -0.2) is 0 Å². The fraction of sp³-hybridized carbons (Fsp3) is 0.0526. The summed E-state index contributed by atoms with van der Waals surface area (Å²) >= 11 is 0. The van der Waals surface area contributed by atoms with Crippen molar-refractivity contribution in [3.8, 4) is 17.2 Å². The van der Waals surface area contributed by atoms with Crippen LogP contribution in [0, 0.1) is 18.3 Å². The number of fused-ring (bicyclic) bond motifs is 1. The molecule has 0 aliphatic carbocycles. The van der Waals surface area contributed by atoms with E-state index >= 15 is 0 Å². The molecule has 0 fully saturated rings. The molecule has 0 unspecified atom stereocenters. The number of aryl methyl sites for hydroxylation is 1. The Kier molecular flexibility index (Phi) is 3.25. The molecule has 0 aliphatic heterocycles. The molecule has 0 aromatic heterocycles. The first-order valence-corrected chi connectivity index (χ1v) is 6.72. The van der Waals surface area contributed by atoms with Crippen molar-refractivity contribution in [3.05, 3.63) is 71.3 Å². The predicted molar refractivity (Wildman–Crippen MR) is 84.2 cm³/mol. The fourth-order valence-corrected chi connectivity index (χ4v) is 2.68. The Morgan fingerprint density at radius 2 is 1.86 bits per heavy atom. The molecule has 21 heavy (non-hydrogen) atoms. The van der Waals surface area contributed by atoms with E-state index < -0.39 is 0 Å². The molecular weight excluding hydrogens is 258 g/mol. The Labute approximate surface area is 123 Å².